The van der Waals surface area contributed by atoms with E-state index in [0.717, 1.165) is 47.6 Å². The third-order valence-corrected chi connectivity index (χ3v) is 10.1. The Kier molecular flexibility index (Phi) is 8.45. The molecule has 212 valence electrons. The number of amides is 2. The van der Waals surface area contributed by atoms with Gasteiger partial charge in [0.2, 0.25) is 11.8 Å². The Morgan fingerprint density at radius 3 is 2.40 bits per heavy atom. The average Bonchev–Trinajstić information content (AvgIpc) is 3.17. The zero-order chi connectivity index (χ0) is 28.3. The molecule has 0 saturated heterocycles. The van der Waals surface area contributed by atoms with Gasteiger partial charge < -0.3 is 10.2 Å². The molecule has 1 fully saturated rings. The minimum absolute atomic E-state index is 0.0980. The standard InChI is InChI=1S/C32H39N3O4S/c1-3-27(32(37)33-26-12-5-4-6-13-26)34(22-24-19-17-23(2)18-20-24)30(36)16-9-21-35-28-14-7-10-25-11-8-15-29(31(25)28)40(35,38)39/h7-8,10-11,14-15,17-20,26-27H,3-6,9,12-13,16,21-22H2,1-2H3,(H,33,37)/t27-/m1/s1. The number of carbonyl (C=O) groups is 2. The van der Waals surface area contributed by atoms with E-state index in [2.05, 4.69) is 5.32 Å². The van der Waals surface area contributed by atoms with Crippen molar-refractivity contribution in [1.82, 2.24) is 10.2 Å². The first kappa shape index (κ1) is 28.1. The van der Waals surface area contributed by atoms with Crippen LogP contribution in [0.1, 0.15) is 69.4 Å². The molecule has 40 heavy (non-hydrogen) atoms. The van der Waals surface area contributed by atoms with Gasteiger partial charge in [-0.3, -0.25) is 13.9 Å². The highest BCUT2D eigenvalue weighted by Gasteiger charge is 2.36. The van der Waals surface area contributed by atoms with Gasteiger partial charge in [0.1, 0.15) is 6.04 Å². The number of aryl methyl sites for hydroxylation is 1. The molecule has 1 N–H and O–H groups in total. The zero-order valence-electron chi connectivity index (χ0n) is 23.4. The molecule has 1 aliphatic heterocycles. The molecule has 0 unspecified atom stereocenters. The molecule has 1 aliphatic carbocycles. The summed E-state index contributed by atoms with van der Waals surface area (Å²) in [6.07, 6.45) is 6.41. The largest absolute Gasteiger partial charge is 0.352 e. The number of hydrogen-bond donors (Lipinski definition) is 1. The summed E-state index contributed by atoms with van der Waals surface area (Å²) in [5, 5.41) is 4.84. The van der Waals surface area contributed by atoms with Crippen molar-refractivity contribution < 1.29 is 18.0 Å². The summed E-state index contributed by atoms with van der Waals surface area (Å²) >= 11 is 0. The highest BCUT2D eigenvalue weighted by Crippen LogP contribution is 2.42. The van der Waals surface area contributed by atoms with Crippen LogP contribution in [0.3, 0.4) is 0 Å². The van der Waals surface area contributed by atoms with Crippen molar-refractivity contribution in [3.05, 3.63) is 71.8 Å². The maximum atomic E-state index is 13.7. The third kappa shape index (κ3) is 5.73. The first-order valence-electron chi connectivity index (χ1n) is 14.5. The predicted molar refractivity (Wildman–Crippen MR) is 159 cm³/mol. The molecular formula is C32H39N3O4S. The Balaban J connectivity index is 1.31. The maximum absolute atomic E-state index is 13.7. The summed E-state index contributed by atoms with van der Waals surface area (Å²) < 4.78 is 28.1. The minimum Gasteiger partial charge on any atom is -0.352 e. The molecule has 0 radical (unpaired) electrons. The van der Waals surface area contributed by atoms with E-state index in [1.807, 2.05) is 62.4 Å². The molecule has 3 aromatic rings. The fourth-order valence-electron chi connectivity index (χ4n) is 6.07. The van der Waals surface area contributed by atoms with E-state index >= 15 is 0 Å². The zero-order valence-corrected chi connectivity index (χ0v) is 24.3. The monoisotopic (exact) mass is 561 g/mol. The number of rotatable bonds is 10. The first-order chi connectivity index (χ1) is 19.3. The lowest BCUT2D eigenvalue weighted by molar-refractivity contribution is -0.141. The molecular weight excluding hydrogens is 522 g/mol. The summed E-state index contributed by atoms with van der Waals surface area (Å²) in [5.41, 5.74) is 2.76. The van der Waals surface area contributed by atoms with Crippen LogP contribution in [0.4, 0.5) is 5.69 Å². The molecule has 5 rings (SSSR count). The van der Waals surface area contributed by atoms with Crippen LogP contribution in [0.15, 0.2) is 65.6 Å². The third-order valence-electron chi connectivity index (χ3n) is 8.24. The maximum Gasteiger partial charge on any atom is 0.265 e. The summed E-state index contributed by atoms with van der Waals surface area (Å²) in [4.78, 5) is 29.2. The Morgan fingerprint density at radius 1 is 1.00 bits per heavy atom. The van der Waals surface area contributed by atoms with Crippen LogP contribution in [0, 0.1) is 6.92 Å². The van der Waals surface area contributed by atoms with Gasteiger partial charge in [-0.25, -0.2) is 8.42 Å². The Morgan fingerprint density at radius 2 is 1.70 bits per heavy atom. The molecule has 1 saturated carbocycles. The lowest BCUT2D eigenvalue weighted by Crippen LogP contribution is -2.51. The van der Waals surface area contributed by atoms with Gasteiger partial charge in [0.15, 0.2) is 0 Å². The molecule has 3 aromatic carbocycles. The van der Waals surface area contributed by atoms with Gasteiger partial charge in [-0.05, 0) is 55.7 Å². The Bertz CT molecular complexity index is 1470. The second-order valence-electron chi connectivity index (χ2n) is 11.1. The molecule has 0 aromatic heterocycles. The molecule has 0 bridgehead atoms. The van der Waals surface area contributed by atoms with Crippen LogP contribution in [0.5, 0.6) is 0 Å². The average molecular weight is 562 g/mol. The fraction of sp³-hybridized carbons (Fsp3) is 0.438. The van der Waals surface area contributed by atoms with Crippen molar-refractivity contribution in [2.24, 2.45) is 0 Å². The number of anilines is 1. The van der Waals surface area contributed by atoms with E-state index in [-0.39, 0.29) is 30.8 Å². The van der Waals surface area contributed by atoms with E-state index in [1.165, 1.54) is 10.7 Å². The summed E-state index contributed by atoms with van der Waals surface area (Å²) in [7, 11) is -3.68. The van der Waals surface area contributed by atoms with Crippen LogP contribution >= 0.6 is 0 Å². The van der Waals surface area contributed by atoms with E-state index in [0.29, 0.717) is 30.0 Å². The van der Waals surface area contributed by atoms with Crippen LogP contribution in [-0.2, 0) is 26.2 Å². The first-order valence-corrected chi connectivity index (χ1v) is 15.9. The van der Waals surface area contributed by atoms with E-state index < -0.39 is 16.1 Å². The van der Waals surface area contributed by atoms with Crippen molar-refractivity contribution >= 4 is 38.3 Å². The van der Waals surface area contributed by atoms with Gasteiger partial charge in [-0.1, -0.05) is 80.3 Å². The highest BCUT2D eigenvalue weighted by atomic mass is 32.2. The van der Waals surface area contributed by atoms with Gasteiger partial charge >= 0.3 is 0 Å². The van der Waals surface area contributed by atoms with Crippen molar-refractivity contribution in [2.45, 2.75) is 88.7 Å². The van der Waals surface area contributed by atoms with Crippen LogP contribution < -0.4 is 9.62 Å². The van der Waals surface area contributed by atoms with Gasteiger partial charge in [-0.2, -0.15) is 0 Å². The SMILES string of the molecule is CC[C@H](C(=O)NC1CCCCC1)N(Cc1ccc(C)cc1)C(=O)CCCN1c2cccc3cccc(c23)S1(=O)=O. The Labute approximate surface area is 237 Å². The second-order valence-corrected chi connectivity index (χ2v) is 12.9. The summed E-state index contributed by atoms with van der Waals surface area (Å²) in [6, 6.07) is 18.5. The summed E-state index contributed by atoms with van der Waals surface area (Å²) in [5.74, 6) is -0.238. The highest BCUT2D eigenvalue weighted by molar-refractivity contribution is 7.93. The molecule has 1 atom stereocenters. The van der Waals surface area contributed by atoms with Gasteiger partial charge in [0.05, 0.1) is 10.6 Å². The number of benzene rings is 3. The smallest absolute Gasteiger partial charge is 0.265 e. The van der Waals surface area contributed by atoms with E-state index in [9.17, 15) is 18.0 Å². The van der Waals surface area contributed by atoms with Gasteiger partial charge in [-0.15, -0.1) is 0 Å². The number of nitrogens with one attached hydrogen (secondary N) is 1. The normalized spacial score (nSPS) is 17.1. The molecule has 0 spiro atoms. The van der Waals surface area contributed by atoms with Crippen molar-refractivity contribution in [3.63, 3.8) is 0 Å². The number of sulfonamides is 1. The fourth-order valence-corrected chi connectivity index (χ4v) is 7.82. The van der Waals surface area contributed by atoms with Crippen molar-refractivity contribution in [2.75, 3.05) is 10.8 Å². The van der Waals surface area contributed by atoms with Crippen molar-refractivity contribution in [3.8, 4) is 0 Å². The quantitative estimate of drug-likeness (QED) is 0.344. The molecule has 1 heterocycles. The number of nitrogens with zero attached hydrogens (tertiary/aromatic N) is 2. The molecule has 8 heteroatoms. The number of carbonyl (C=O) groups excluding carboxylic acids is 2. The lowest BCUT2D eigenvalue weighted by Gasteiger charge is -2.33. The molecule has 2 aliphatic rings. The topological polar surface area (TPSA) is 86.8 Å². The van der Waals surface area contributed by atoms with Crippen molar-refractivity contribution in [1.29, 1.82) is 0 Å². The van der Waals surface area contributed by atoms with Crippen LogP contribution in [0.25, 0.3) is 10.8 Å². The predicted octanol–water partition coefficient (Wildman–Crippen LogP) is 5.69. The van der Waals surface area contributed by atoms with Gasteiger partial charge in [0.25, 0.3) is 10.0 Å². The van der Waals surface area contributed by atoms with Gasteiger partial charge in [0, 0.05) is 30.9 Å². The minimum atomic E-state index is -3.68. The molecule has 7 nitrogen and oxygen atoms in total. The summed E-state index contributed by atoms with van der Waals surface area (Å²) in [6.45, 7) is 4.49. The van der Waals surface area contributed by atoms with Crippen LogP contribution in [-0.4, -0.2) is 43.8 Å². The van der Waals surface area contributed by atoms with E-state index in [4.69, 9.17) is 0 Å². The van der Waals surface area contributed by atoms with E-state index in [1.54, 1.807) is 17.0 Å². The number of hydrogen-bond acceptors (Lipinski definition) is 4. The Hall–Kier alpha value is -3.39. The molecule has 2 amide bonds. The second kappa shape index (κ2) is 12.0. The lowest BCUT2D eigenvalue weighted by atomic mass is 9.95. The van der Waals surface area contributed by atoms with Crippen LogP contribution in [0.2, 0.25) is 0 Å².